The van der Waals surface area contributed by atoms with E-state index in [4.69, 9.17) is 0 Å². The van der Waals surface area contributed by atoms with Gasteiger partial charge in [-0.15, -0.1) is 11.4 Å². The van der Waals surface area contributed by atoms with Crippen molar-refractivity contribution in [2.45, 2.75) is 39.8 Å². The van der Waals surface area contributed by atoms with E-state index in [-0.39, 0.29) is 66.3 Å². The Kier molecular flexibility index (Phi) is 22.1. The molecule has 4 heterocycles. The summed E-state index contributed by atoms with van der Waals surface area (Å²) >= 11 is 0. The molecule has 392 valence electrons. The van der Waals surface area contributed by atoms with E-state index >= 15 is 0 Å². The van der Waals surface area contributed by atoms with E-state index in [0.29, 0.717) is 13.1 Å². The Morgan fingerprint density at radius 2 is 0.811 bits per heavy atom. The number of likely N-dealkylation sites (N-methyl/N-ethyl adjacent to an activating group) is 2. The Bertz CT molecular complexity index is 2590. The van der Waals surface area contributed by atoms with Crippen LogP contribution in [0.25, 0.3) is 10.6 Å². The third-order valence-corrected chi connectivity index (χ3v) is 11.6. The number of hydrogen-bond donors (Lipinski definition) is 0. The molecule has 0 saturated carbocycles. The molecular weight excluding hydrogens is 1290 g/mol. The molecule has 16 heteroatoms. The summed E-state index contributed by atoms with van der Waals surface area (Å²) in [4.78, 5) is 48.3. The molecule has 0 N–H and O–H groups in total. The van der Waals surface area contributed by atoms with E-state index < -0.39 is 0 Å². The number of carbonyl (C=O) groups is 2. The van der Waals surface area contributed by atoms with E-state index in [1.165, 1.54) is 0 Å². The van der Waals surface area contributed by atoms with Crippen LogP contribution < -0.4 is 9.80 Å². The van der Waals surface area contributed by atoms with Crippen LogP contribution in [0.4, 0.5) is 43.7 Å². The van der Waals surface area contributed by atoms with Gasteiger partial charge in [-0.2, -0.15) is 74.0 Å². The minimum absolute atomic E-state index is 0. The van der Waals surface area contributed by atoms with Gasteiger partial charge >= 0.3 is 12.1 Å². The third-order valence-electron chi connectivity index (χ3n) is 11.6. The van der Waals surface area contributed by atoms with Crippen molar-refractivity contribution < 1.29 is 51.7 Å². The van der Waals surface area contributed by atoms with Gasteiger partial charge in [0.2, 0.25) is 0 Å². The number of aliphatic imine (C=N–C) groups is 2. The van der Waals surface area contributed by atoms with E-state index in [0.717, 1.165) is 57.2 Å². The van der Waals surface area contributed by atoms with Gasteiger partial charge in [-0.3, -0.25) is 9.80 Å². The Morgan fingerprint density at radius 1 is 0.486 bits per heavy atom. The fourth-order valence-electron chi connectivity index (χ4n) is 7.94. The SMILES string of the molecule is C(=Nc1ccccc1)[N-]c1ccccc1.C(=Nc1ccccc1)[N-]c1ccccc1.CC(C)N1[CH-]N(c2[c-]cccc2)C2=C1N(C)C(=O)N(C)C2.CC(C)N1[CH-]N(c2[c-]cccc2)C2=C1N(C)C(=O)N(C)C2.[Pt].[Pt]. The molecule has 6 aromatic carbocycles. The second-order valence-electron chi connectivity index (χ2n) is 17.5. The number of anilines is 2. The molecule has 6 aromatic rings. The molecule has 0 radical (unpaired) electrons. The van der Waals surface area contributed by atoms with Crippen molar-refractivity contribution in [1.82, 2.24) is 29.4 Å². The minimum Gasteiger partial charge on any atom is -0.494 e. The molecule has 4 amide bonds. The maximum absolute atomic E-state index is 12.2. The van der Waals surface area contributed by atoms with Crippen molar-refractivity contribution in [1.29, 1.82) is 0 Å². The van der Waals surface area contributed by atoms with Gasteiger partial charge in [0.1, 0.15) is 11.6 Å². The van der Waals surface area contributed by atoms with Crippen LogP contribution >= 0.6 is 0 Å². The van der Waals surface area contributed by atoms with E-state index in [1.54, 1.807) is 32.3 Å². The average molecular weight is 1350 g/mol. The Hall–Kier alpha value is -7.14. The smallest absolute Gasteiger partial charge is 0.325 e. The first kappa shape index (κ1) is 57.8. The number of rotatable bonds is 10. The molecule has 4 aliphatic heterocycles. The van der Waals surface area contributed by atoms with Crippen molar-refractivity contribution in [2.24, 2.45) is 9.98 Å². The molecule has 0 saturated heterocycles. The van der Waals surface area contributed by atoms with Gasteiger partial charge in [0.25, 0.3) is 0 Å². The van der Waals surface area contributed by atoms with Crippen LogP contribution in [0.3, 0.4) is 0 Å². The van der Waals surface area contributed by atoms with E-state index in [1.807, 2.05) is 198 Å². The quantitative estimate of drug-likeness (QED) is 0.0767. The summed E-state index contributed by atoms with van der Waals surface area (Å²) < 4.78 is 0. The number of hydrogen-bond acceptors (Lipinski definition) is 8. The number of benzene rings is 6. The summed E-state index contributed by atoms with van der Waals surface area (Å²) in [6.07, 6.45) is 3.15. The molecule has 0 aliphatic carbocycles. The van der Waals surface area contributed by atoms with Crippen LogP contribution in [0.2, 0.25) is 0 Å². The first-order valence-corrected chi connectivity index (χ1v) is 23.8. The Balaban J connectivity index is 0.000000183. The molecule has 4 aliphatic rings. The number of urea groups is 2. The van der Waals surface area contributed by atoms with Crippen LogP contribution in [0, 0.1) is 25.5 Å². The molecule has 0 atom stereocenters. The van der Waals surface area contributed by atoms with E-state index in [2.05, 4.69) is 93.4 Å². The third kappa shape index (κ3) is 15.0. The van der Waals surface area contributed by atoms with Crippen molar-refractivity contribution in [3.63, 3.8) is 0 Å². The number of nitrogens with zero attached hydrogens (tertiary/aromatic N) is 12. The average Bonchev–Trinajstić information content (AvgIpc) is 4.00. The van der Waals surface area contributed by atoms with Gasteiger partial charge in [0, 0.05) is 81.7 Å². The molecule has 0 unspecified atom stereocenters. The minimum atomic E-state index is 0. The molecular formula is C58H62N12O2Pt2-6. The molecule has 0 aromatic heterocycles. The maximum atomic E-state index is 12.2. The summed E-state index contributed by atoms with van der Waals surface area (Å²) in [5, 5.41) is 8.42. The van der Waals surface area contributed by atoms with Gasteiger partial charge in [0.15, 0.2) is 0 Å². The zero-order valence-corrected chi connectivity index (χ0v) is 47.4. The zero-order chi connectivity index (χ0) is 51.0. The molecule has 0 fully saturated rings. The first-order valence-electron chi connectivity index (χ1n) is 23.8. The maximum Gasteiger partial charge on any atom is 0.325 e. The Labute approximate surface area is 466 Å². The predicted octanol–water partition coefficient (Wildman–Crippen LogP) is 12.7. The zero-order valence-electron chi connectivity index (χ0n) is 42.9. The first-order chi connectivity index (χ1) is 34.9. The normalized spacial score (nSPS) is 15.0. The molecule has 0 bridgehead atoms. The summed E-state index contributed by atoms with van der Waals surface area (Å²) in [5.74, 6) is 1.93. The van der Waals surface area contributed by atoms with Crippen LogP contribution in [0.15, 0.2) is 203 Å². The van der Waals surface area contributed by atoms with Crippen molar-refractivity contribution in [3.05, 3.63) is 229 Å². The largest absolute Gasteiger partial charge is 0.494 e. The van der Waals surface area contributed by atoms with Gasteiger partial charge < -0.3 is 50.0 Å². The summed E-state index contributed by atoms with van der Waals surface area (Å²) in [7, 11) is 7.31. The summed E-state index contributed by atoms with van der Waals surface area (Å²) in [6, 6.07) is 61.9. The topological polar surface area (TPSA) is 113 Å². The van der Waals surface area contributed by atoms with Crippen molar-refractivity contribution in [2.75, 3.05) is 51.1 Å². The molecule has 74 heavy (non-hydrogen) atoms. The fourth-order valence-corrected chi connectivity index (χ4v) is 7.94. The number of para-hydroxylation sites is 6. The molecule has 0 spiro atoms. The van der Waals surface area contributed by atoms with Gasteiger partial charge in [-0.1, -0.05) is 134 Å². The van der Waals surface area contributed by atoms with Crippen molar-refractivity contribution in [3.8, 4) is 0 Å². The Morgan fingerprint density at radius 3 is 1.12 bits per heavy atom. The van der Waals surface area contributed by atoms with Gasteiger partial charge in [-0.25, -0.2) is 9.59 Å². The van der Waals surface area contributed by atoms with Gasteiger partial charge in [0.05, 0.1) is 13.1 Å². The monoisotopic (exact) mass is 1350 g/mol. The van der Waals surface area contributed by atoms with Crippen LogP contribution in [-0.2, 0) is 42.1 Å². The van der Waals surface area contributed by atoms with E-state index in [9.17, 15) is 9.59 Å². The summed E-state index contributed by atoms with van der Waals surface area (Å²) in [5.41, 5.74) is 7.85. The van der Waals surface area contributed by atoms with Crippen LogP contribution in [-0.4, -0.2) is 108 Å². The molecule has 14 nitrogen and oxygen atoms in total. The predicted molar refractivity (Wildman–Crippen MR) is 292 cm³/mol. The number of carbonyl (C=O) groups excluding carboxylic acids is 2. The van der Waals surface area contributed by atoms with Gasteiger partial charge in [-0.05, 0) is 62.5 Å². The fraction of sp³-hybridized carbons (Fsp3) is 0.207. The number of amides is 4. The summed E-state index contributed by atoms with van der Waals surface area (Å²) in [6.45, 7) is 13.8. The molecule has 10 rings (SSSR count). The van der Waals surface area contributed by atoms with Crippen LogP contribution in [0.5, 0.6) is 0 Å². The van der Waals surface area contributed by atoms with Crippen molar-refractivity contribution >= 4 is 58.9 Å². The van der Waals surface area contributed by atoms with Crippen LogP contribution in [0.1, 0.15) is 27.7 Å². The standard InChI is InChI=1S/2C16H20N4O.2C13H11N2.2Pt/c2*1-12(2)19-11-20(13-8-6-5-7-9-13)14-10-17(3)16(21)18(4)15(14)19;2*1-3-7-12(8-4-1)14-11-15-13-9-5-2-6-10-13;;/h2*5-8,11-12H,10H2,1-4H3;2*1-11H;;/q2*-2;2*-1;;. The second kappa shape index (κ2) is 28.3. The second-order valence-corrected chi connectivity index (χ2v) is 17.5.